The molecule has 0 unspecified atom stereocenters. The number of unbranched alkanes of at least 4 members (excludes halogenated alkanes) is 2. The van der Waals surface area contributed by atoms with Gasteiger partial charge in [-0.25, -0.2) is 0 Å². The van der Waals surface area contributed by atoms with E-state index in [4.69, 9.17) is 0 Å². The van der Waals surface area contributed by atoms with Gasteiger partial charge < -0.3 is 0 Å². The Morgan fingerprint density at radius 3 is 2.50 bits per heavy atom. The molecule has 0 N–H and O–H groups in total. The minimum absolute atomic E-state index is 1.08. The maximum Gasteiger partial charge on any atom is -0.0142 e. The largest absolute Gasteiger partial charge is 0.0995 e. The van der Waals surface area contributed by atoms with E-state index in [0.29, 0.717) is 0 Å². The van der Waals surface area contributed by atoms with Gasteiger partial charge in [0.1, 0.15) is 0 Å². The summed E-state index contributed by atoms with van der Waals surface area (Å²) in [7, 11) is 0. The number of hydrogen-bond donors (Lipinski definition) is 0. The monoisotopic (exact) mass is 166 g/mol. The van der Waals surface area contributed by atoms with Crippen molar-refractivity contribution in [3.05, 3.63) is 24.3 Å². The fourth-order valence-electron chi connectivity index (χ4n) is 1.06. The summed E-state index contributed by atoms with van der Waals surface area (Å²) in [5.41, 5.74) is 1.38. The summed E-state index contributed by atoms with van der Waals surface area (Å²) in [6.45, 7) is 8.47. The molecule has 0 aliphatic rings. The van der Waals surface area contributed by atoms with Crippen molar-refractivity contribution in [3.63, 3.8) is 0 Å². The van der Waals surface area contributed by atoms with Crippen molar-refractivity contribution >= 4 is 0 Å². The van der Waals surface area contributed by atoms with Crippen LogP contribution >= 0.6 is 0 Å². The third kappa shape index (κ3) is 7.59. The van der Waals surface area contributed by atoms with Gasteiger partial charge in [-0.05, 0) is 25.7 Å². The molecule has 0 radical (unpaired) electrons. The molecule has 0 atom stereocenters. The Hall–Kier alpha value is -0.520. The van der Waals surface area contributed by atoms with E-state index in [9.17, 15) is 0 Å². The van der Waals surface area contributed by atoms with Gasteiger partial charge in [0, 0.05) is 0 Å². The molecule has 0 heteroatoms. The molecule has 0 bridgehead atoms. The highest BCUT2D eigenvalue weighted by Gasteiger charge is 1.89. The van der Waals surface area contributed by atoms with Crippen LogP contribution in [0.5, 0.6) is 0 Å². The number of hydrogen-bond acceptors (Lipinski definition) is 0. The summed E-state index contributed by atoms with van der Waals surface area (Å²) >= 11 is 0. The number of allylic oxidation sites excluding steroid dienone is 3. The van der Waals surface area contributed by atoms with E-state index in [1.54, 1.807) is 0 Å². The second-order valence-corrected chi connectivity index (χ2v) is 3.32. The molecule has 0 amide bonds. The lowest BCUT2D eigenvalue weighted by Crippen LogP contribution is -1.79. The molecule has 12 heavy (non-hydrogen) atoms. The molecule has 0 fully saturated rings. The van der Waals surface area contributed by atoms with E-state index in [0.717, 1.165) is 6.42 Å². The van der Waals surface area contributed by atoms with Crippen LogP contribution in [0.15, 0.2) is 24.3 Å². The van der Waals surface area contributed by atoms with Crippen LogP contribution in [0.2, 0.25) is 0 Å². The third-order valence-electron chi connectivity index (χ3n) is 1.91. The molecule has 0 aromatic carbocycles. The lowest BCUT2D eigenvalue weighted by Gasteiger charge is -1.99. The molecule has 0 saturated carbocycles. The molecule has 0 aliphatic carbocycles. The van der Waals surface area contributed by atoms with Crippen molar-refractivity contribution in [3.8, 4) is 0 Å². The number of rotatable bonds is 7. The smallest absolute Gasteiger partial charge is 0.0142 e. The first-order valence-corrected chi connectivity index (χ1v) is 5.12. The lowest BCUT2D eigenvalue weighted by molar-refractivity contribution is 0.777. The van der Waals surface area contributed by atoms with Crippen LogP contribution in [0.1, 0.15) is 52.4 Å². The highest BCUT2D eigenvalue weighted by molar-refractivity contribution is 5.01. The molecular formula is C12H22. The Morgan fingerprint density at radius 2 is 1.92 bits per heavy atom. The first kappa shape index (κ1) is 11.5. The lowest BCUT2D eigenvalue weighted by atomic mass is 10.1. The van der Waals surface area contributed by atoms with Crippen LogP contribution in [0.25, 0.3) is 0 Å². The molecule has 0 spiro atoms. The molecular weight excluding hydrogens is 144 g/mol. The average molecular weight is 166 g/mol. The van der Waals surface area contributed by atoms with Crippen LogP contribution in [0.4, 0.5) is 0 Å². The topological polar surface area (TPSA) is 0 Å². The van der Waals surface area contributed by atoms with Crippen LogP contribution in [0, 0.1) is 0 Å². The average Bonchev–Trinajstić information content (AvgIpc) is 2.09. The zero-order chi connectivity index (χ0) is 9.23. The molecule has 0 aliphatic heterocycles. The van der Waals surface area contributed by atoms with Crippen molar-refractivity contribution in [1.82, 2.24) is 0 Å². The van der Waals surface area contributed by atoms with Gasteiger partial charge in [-0.1, -0.05) is 51.0 Å². The van der Waals surface area contributed by atoms with Crippen LogP contribution in [-0.4, -0.2) is 0 Å². The minimum Gasteiger partial charge on any atom is -0.0995 e. The summed E-state index contributed by atoms with van der Waals surface area (Å²) < 4.78 is 0. The second-order valence-electron chi connectivity index (χ2n) is 3.32. The molecule has 0 rings (SSSR count). The summed E-state index contributed by atoms with van der Waals surface area (Å²) in [6.07, 6.45) is 11.8. The van der Waals surface area contributed by atoms with Crippen molar-refractivity contribution in [2.75, 3.05) is 0 Å². The van der Waals surface area contributed by atoms with Crippen molar-refractivity contribution < 1.29 is 0 Å². The van der Waals surface area contributed by atoms with Gasteiger partial charge in [0.25, 0.3) is 0 Å². The van der Waals surface area contributed by atoms with Gasteiger partial charge >= 0.3 is 0 Å². The van der Waals surface area contributed by atoms with Gasteiger partial charge in [0.15, 0.2) is 0 Å². The Labute approximate surface area is 77.4 Å². The molecule has 0 saturated heterocycles. The predicted octanol–water partition coefficient (Wildman–Crippen LogP) is 4.48. The molecule has 0 aromatic rings. The molecule has 0 nitrogen and oxygen atoms in total. The third-order valence-corrected chi connectivity index (χ3v) is 1.91. The van der Waals surface area contributed by atoms with Crippen molar-refractivity contribution in [1.29, 1.82) is 0 Å². The summed E-state index contributed by atoms with van der Waals surface area (Å²) in [5.74, 6) is 0. The van der Waals surface area contributed by atoms with E-state index < -0.39 is 0 Å². The summed E-state index contributed by atoms with van der Waals surface area (Å²) in [5, 5.41) is 0. The van der Waals surface area contributed by atoms with Gasteiger partial charge in [-0.15, -0.1) is 0 Å². The maximum absolute atomic E-state index is 4.04. The van der Waals surface area contributed by atoms with E-state index in [1.807, 2.05) is 0 Å². The van der Waals surface area contributed by atoms with Crippen LogP contribution in [0.3, 0.4) is 0 Å². The van der Waals surface area contributed by atoms with Gasteiger partial charge in [-0.2, -0.15) is 0 Å². The van der Waals surface area contributed by atoms with Crippen LogP contribution < -0.4 is 0 Å². The zero-order valence-corrected chi connectivity index (χ0v) is 8.60. The van der Waals surface area contributed by atoms with E-state index in [-0.39, 0.29) is 0 Å². The standard InChI is InChI=1S/C12H22/c1-4-6-8-9-11-12(3)10-7-5-2/h8-9H,3-7,10-11H2,1-2H3/b9-8+. The van der Waals surface area contributed by atoms with Crippen molar-refractivity contribution in [2.45, 2.75) is 52.4 Å². The van der Waals surface area contributed by atoms with Gasteiger partial charge in [-0.3, -0.25) is 0 Å². The zero-order valence-electron chi connectivity index (χ0n) is 8.60. The van der Waals surface area contributed by atoms with Crippen molar-refractivity contribution in [2.24, 2.45) is 0 Å². The highest BCUT2D eigenvalue weighted by Crippen LogP contribution is 2.09. The van der Waals surface area contributed by atoms with Crippen LogP contribution in [-0.2, 0) is 0 Å². The maximum atomic E-state index is 4.04. The Balaban J connectivity index is 3.30. The Morgan fingerprint density at radius 1 is 1.17 bits per heavy atom. The SMILES string of the molecule is C=C(C/C=C/CCC)CCCC. The van der Waals surface area contributed by atoms with E-state index in [1.165, 1.54) is 37.7 Å². The second kappa shape index (κ2) is 8.58. The molecule has 0 heterocycles. The fraction of sp³-hybridized carbons (Fsp3) is 0.667. The Bertz CT molecular complexity index is 131. The molecule has 70 valence electrons. The molecule has 0 aromatic heterocycles. The predicted molar refractivity (Wildman–Crippen MR) is 57.3 cm³/mol. The minimum atomic E-state index is 1.08. The van der Waals surface area contributed by atoms with E-state index in [2.05, 4.69) is 32.6 Å². The first-order valence-electron chi connectivity index (χ1n) is 5.12. The quantitative estimate of drug-likeness (QED) is 0.489. The van der Waals surface area contributed by atoms with Gasteiger partial charge in [0.05, 0.1) is 0 Å². The fourth-order valence-corrected chi connectivity index (χ4v) is 1.06. The summed E-state index contributed by atoms with van der Waals surface area (Å²) in [6, 6.07) is 0. The first-order chi connectivity index (χ1) is 5.81. The summed E-state index contributed by atoms with van der Waals surface area (Å²) in [4.78, 5) is 0. The van der Waals surface area contributed by atoms with Gasteiger partial charge in [0.2, 0.25) is 0 Å². The Kier molecular flexibility index (Phi) is 8.20. The normalized spacial score (nSPS) is 10.8. The van der Waals surface area contributed by atoms with E-state index >= 15 is 0 Å². The highest BCUT2D eigenvalue weighted by atomic mass is 14.0.